The molecule has 1 atom stereocenters. The van der Waals surface area contributed by atoms with Gasteiger partial charge in [0.25, 0.3) is 0 Å². The fourth-order valence-corrected chi connectivity index (χ4v) is 2.36. The van der Waals surface area contributed by atoms with Crippen LogP contribution in [0.1, 0.15) is 31.7 Å². The van der Waals surface area contributed by atoms with Crippen LogP contribution in [-0.4, -0.2) is 26.6 Å². The molecule has 0 unspecified atom stereocenters. The minimum atomic E-state index is -3.18. The molecule has 0 aromatic heterocycles. The van der Waals surface area contributed by atoms with E-state index in [1.807, 2.05) is 6.92 Å². The first-order chi connectivity index (χ1) is 9.34. The third kappa shape index (κ3) is 5.30. The second kappa shape index (κ2) is 7.40. The van der Waals surface area contributed by atoms with Crippen LogP contribution in [-0.2, 0) is 21.2 Å². The van der Waals surface area contributed by atoms with Crippen molar-refractivity contribution in [2.45, 2.75) is 43.7 Å². The van der Waals surface area contributed by atoms with Gasteiger partial charge in [-0.1, -0.05) is 31.9 Å². The van der Waals surface area contributed by atoms with Gasteiger partial charge in [-0.3, -0.25) is 4.79 Å². The largest absolute Gasteiger partial charge is 0.351 e. The highest BCUT2D eigenvalue weighted by Crippen LogP contribution is 2.10. The number of carbonyl (C=O) groups excluding carboxylic acids is 1. The summed E-state index contributed by atoms with van der Waals surface area (Å²) in [5, 5.41) is 2.75. The van der Waals surface area contributed by atoms with Gasteiger partial charge in [-0.05, 0) is 24.1 Å². The van der Waals surface area contributed by atoms with Crippen LogP contribution in [0.3, 0.4) is 0 Å². The van der Waals surface area contributed by atoms with Crippen molar-refractivity contribution >= 4 is 15.7 Å². The maximum Gasteiger partial charge on any atom is 0.237 e. The van der Waals surface area contributed by atoms with Crippen LogP contribution in [0, 0.1) is 0 Å². The Morgan fingerprint density at radius 1 is 1.30 bits per heavy atom. The quantitative estimate of drug-likeness (QED) is 0.792. The molecule has 1 rings (SSSR count). The smallest absolute Gasteiger partial charge is 0.237 e. The highest BCUT2D eigenvalue weighted by Gasteiger charge is 2.12. The summed E-state index contributed by atoms with van der Waals surface area (Å²) in [6.45, 7) is 2.40. The van der Waals surface area contributed by atoms with Crippen LogP contribution in [0.25, 0.3) is 0 Å². The molecule has 20 heavy (non-hydrogen) atoms. The van der Waals surface area contributed by atoms with Crippen molar-refractivity contribution in [2.75, 3.05) is 6.26 Å². The van der Waals surface area contributed by atoms with Gasteiger partial charge in [-0.2, -0.15) is 0 Å². The lowest BCUT2D eigenvalue weighted by atomic mass is 10.1. The van der Waals surface area contributed by atoms with Crippen LogP contribution in [0.15, 0.2) is 29.2 Å². The zero-order chi connectivity index (χ0) is 15.2. The third-order valence-electron chi connectivity index (χ3n) is 3.02. The van der Waals surface area contributed by atoms with E-state index < -0.39 is 15.9 Å². The molecule has 3 N–H and O–H groups in total. The molecule has 0 aliphatic carbocycles. The Bertz CT molecular complexity index is 538. The van der Waals surface area contributed by atoms with Gasteiger partial charge in [0.2, 0.25) is 5.91 Å². The zero-order valence-electron chi connectivity index (χ0n) is 11.9. The van der Waals surface area contributed by atoms with Crippen LogP contribution in [0.5, 0.6) is 0 Å². The van der Waals surface area contributed by atoms with Crippen molar-refractivity contribution < 1.29 is 13.2 Å². The molecule has 0 bridgehead atoms. The van der Waals surface area contributed by atoms with E-state index in [2.05, 4.69) is 5.32 Å². The molecule has 0 radical (unpaired) electrons. The first-order valence-electron chi connectivity index (χ1n) is 6.67. The molecule has 0 aliphatic rings. The number of amides is 1. The molecule has 6 heteroatoms. The van der Waals surface area contributed by atoms with Crippen molar-refractivity contribution in [3.05, 3.63) is 29.8 Å². The number of unbranched alkanes of at least 4 members (excludes halogenated alkanes) is 1. The van der Waals surface area contributed by atoms with Crippen molar-refractivity contribution in [3.8, 4) is 0 Å². The maximum absolute atomic E-state index is 11.7. The topological polar surface area (TPSA) is 89.3 Å². The Morgan fingerprint density at radius 3 is 2.40 bits per heavy atom. The van der Waals surface area contributed by atoms with E-state index in [1.165, 1.54) is 12.1 Å². The summed E-state index contributed by atoms with van der Waals surface area (Å²) in [7, 11) is -3.18. The maximum atomic E-state index is 11.7. The van der Waals surface area contributed by atoms with Gasteiger partial charge in [-0.15, -0.1) is 0 Å². The third-order valence-corrected chi connectivity index (χ3v) is 4.15. The van der Waals surface area contributed by atoms with Crippen LogP contribution in [0.4, 0.5) is 0 Å². The van der Waals surface area contributed by atoms with E-state index in [0.717, 1.165) is 24.7 Å². The van der Waals surface area contributed by atoms with Gasteiger partial charge >= 0.3 is 0 Å². The lowest BCUT2D eigenvalue weighted by Crippen LogP contribution is -2.40. The molecular formula is C14H22N2O3S. The van der Waals surface area contributed by atoms with E-state index >= 15 is 0 Å². The molecule has 0 saturated carbocycles. The van der Waals surface area contributed by atoms with Gasteiger partial charge < -0.3 is 11.1 Å². The second-order valence-electron chi connectivity index (χ2n) is 4.88. The average molecular weight is 298 g/mol. The SMILES string of the molecule is CCCC[C@H](N)C(=O)NCc1ccc(S(C)(=O)=O)cc1. The first kappa shape index (κ1) is 16.7. The standard InChI is InChI=1S/C14H22N2O3S/c1-3-4-5-13(15)14(17)16-10-11-6-8-12(9-7-11)20(2,18)19/h6-9,13H,3-5,10,15H2,1-2H3,(H,16,17)/t13-/m0/s1. The predicted octanol–water partition coefficient (Wildman–Crippen LogP) is 1.22. The molecule has 0 saturated heterocycles. The normalized spacial score (nSPS) is 12.9. The summed E-state index contributed by atoms with van der Waals surface area (Å²) < 4.78 is 22.6. The molecule has 1 amide bonds. The Morgan fingerprint density at radius 2 is 1.90 bits per heavy atom. The van der Waals surface area contributed by atoms with Gasteiger partial charge in [0, 0.05) is 12.8 Å². The highest BCUT2D eigenvalue weighted by atomic mass is 32.2. The number of hydrogen-bond acceptors (Lipinski definition) is 4. The second-order valence-corrected chi connectivity index (χ2v) is 6.90. The summed E-state index contributed by atoms with van der Waals surface area (Å²) >= 11 is 0. The minimum absolute atomic E-state index is 0.175. The van der Waals surface area contributed by atoms with E-state index in [9.17, 15) is 13.2 Å². The molecule has 112 valence electrons. The van der Waals surface area contributed by atoms with E-state index in [1.54, 1.807) is 12.1 Å². The molecule has 1 aromatic carbocycles. The van der Waals surface area contributed by atoms with Crippen LogP contribution < -0.4 is 11.1 Å². The Labute approximate surface area is 120 Å². The summed E-state index contributed by atoms with van der Waals surface area (Å²) in [6, 6.07) is 5.97. The fourth-order valence-electron chi connectivity index (χ4n) is 1.73. The van der Waals surface area contributed by atoms with E-state index in [-0.39, 0.29) is 10.8 Å². The van der Waals surface area contributed by atoms with Gasteiger partial charge in [0.1, 0.15) is 0 Å². The number of carbonyl (C=O) groups is 1. The lowest BCUT2D eigenvalue weighted by molar-refractivity contribution is -0.122. The molecule has 1 aromatic rings. The summed E-state index contributed by atoms with van der Waals surface area (Å²) in [5.74, 6) is -0.175. The molecule has 0 heterocycles. The number of sulfone groups is 1. The zero-order valence-corrected chi connectivity index (χ0v) is 12.7. The molecular weight excluding hydrogens is 276 g/mol. The summed E-state index contributed by atoms with van der Waals surface area (Å²) in [5.41, 5.74) is 6.60. The van der Waals surface area contributed by atoms with Gasteiger partial charge in [0.15, 0.2) is 9.84 Å². The van der Waals surface area contributed by atoms with Crippen molar-refractivity contribution in [1.29, 1.82) is 0 Å². The van der Waals surface area contributed by atoms with Gasteiger partial charge in [-0.25, -0.2) is 8.42 Å². The Kier molecular flexibility index (Phi) is 6.16. The lowest BCUT2D eigenvalue weighted by Gasteiger charge is -2.11. The highest BCUT2D eigenvalue weighted by molar-refractivity contribution is 7.90. The summed E-state index contributed by atoms with van der Waals surface area (Å²) in [4.78, 5) is 12.0. The average Bonchev–Trinajstić information content (AvgIpc) is 2.41. The molecule has 0 fully saturated rings. The van der Waals surface area contributed by atoms with Crippen molar-refractivity contribution in [1.82, 2.24) is 5.32 Å². The van der Waals surface area contributed by atoms with Gasteiger partial charge in [0.05, 0.1) is 10.9 Å². The van der Waals surface area contributed by atoms with Crippen LogP contribution >= 0.6 is 0 Å². The number of hydrogen-bond donors (Lipinski definition) is 2. The number of nitrogens with two attached hydrogens (primary N) is 1. The predicted molar refractivity (Wildman–Crippen MR) is 78.9 cm³/mol. The molecule has 5 nitrogen and oxygen atoms in total. The Balaban J connectivity index is 2.52. The molecule has 0 aliphatic heterocycles. The number of nitrogens with one attached hydrogen (secondary N) is 1. The number of rotatable bonds is 7. The van der Waals surface area contributed by atoms with Crippen molar-refractivity contribution in [3.63, 3.8) is 0 Å². The monoisotopic (exact) mass is 298 g/mol. The summed E-state index contributed by atoms with van der Waals surface area (Å²) in [6.07, 6.45) is 3.78. The minimum Gasteiger partial charge on any atom is -0.351 e. The Hall–Kier alpha value is -1.40. The first-order valence-corrected chi connectivity index (χ1v) is 8.56. The van der Waals surface area contributed by atoms with Crippen LogP contribution in [0.2, 0.25) is 0 Å². The van der Waals surface area contributed by atoms with Crippen molar-refractivity contribution in [2.24, 2.45) is 5.73 Å². The number of benzene rings is 1. The van der Waals surface area contributed by atoms with E-state index in [4.69, 9.17) is 5.73 Å². The molecule has 0 spiro atoms. The van der Waals surface area contributed by atoms with E-state index in [0.29, 0.717) is 13.0 Å². The fraction of sp³-hybridized carbons (Fsp3) is 0.500.